The number of rotatable bonds is 7. The molecule has 5 aliphatic rings. The second-order valence-electron chi connectivity index (χ2n) is 10.6. The lowest BCUT2D eigenvalue weighted by Gasteiger charge is -2.56. The zero-order valence-corrected chi connectivity index (χ0v) is 20.9. The molecule has 10 nitrogen and oxygen atoms in total. The van der Waals surface area contributed by atoms with Gasteiger partial charge in [0, 0.05) is 50.1 Å². The quantitative estimate of drug-likeness (QED) is 0.351. The monoisotopic (exact) mass is 525 g/mol. The summed E-state index contributed by atoms with van der Waals surface area (Å²) < 4.78 is 19.0. The summed E-state index contributed by atoms with van der Waals surface area (Å²) in [4.78, 5) is 31.3. The summed E-state index contributed by atoms with van der Waals surface area (Å²) in [5.41, 5.74) is 5.02. The number of hydrogen-bond donors (Lipinski definition) is 5. The zero-order chi connectivity index (χ0) is 25.5. The lowest BCUT2D eigenvalue weighted by atomic mass is 9.59. The van der Waals surface area contributed by atoms with Crippen molar-refractivity contribution in [2.24, 2.45) is 5.92 Å². The van der Waals surface area contributed by atoms with Crippen LogP contribution >= 0.6 is 11.6 Å². The highest BCUT2D eigenvalue weighted by Gasteiger charge is 2.56. The van der Waals surface area contributed by atoms with Crippen LogP contribution in [0.15, 0.2) is 18.2 Å². The molecule has 2 aliphatic heterocycles. The third-order valence-electron chi connectivity index (χ3n) is 8.18. The normalized spacial score (nSPS) is 36.1. The lowest BCUT2D eigenvalue weighted by Crippen LogP contribution is -2.70. The molecular formula is C24H33ClFN5O5. The predicted molar refractivity (Wildman–Crippen MR) is 128 cm³/mol. The Bertz CT molecular complexity index is 1010. The second kappa shape index (κ2) is 10.0. The number of halogens is 2. The van der Waals surface area contributed by atoms with Crippen molar-refractivity contribution in [3.8, 4) is 5.75 Å². The van der Waals surface area contributed by atoms with Gasteiger partial charge >= 0.3 is 0 Å². The minimum Gasteiger partial charge on any atom is -0.484 e. The van der Waals surface area contributed by atoms with Crippen LogP contribution in [-0.2, 0) is 14.4 Å². The number of ether oxygens (including phenoxy) is 1. The van der Waals surface area contributed by atoms with Crippen molar-refractivity contribution >= 4 is 23.4 Å². The van der Waals surface area contributed by atoms with E-state index >= 15 is 0 Å². The summed E-state index contributed by atoms with van der Waals surface area (Å²) in [7, 11) is 1.99. The number of carbonyl (C=O) groups is 2. The summed E-state index contributed by atoms with van der Waals surface area (Å²) in [6.07, 6.45) is 1.90. The van der Waals surface area contributed by atoms with Crippen LogP contribution in [0.3, 0.4) is 0 Å². The number of hydrogen-bond acceptors (Lipinski definition) is 8. The molecule has 5 N–H and O–H groups in total. The van der Waals surface area contributed by atoms with Crippen molar-refractivity contribution in [2.45, 2.75) is 67.9 Å². The molecule has 3 saturated carbocycles. The smallest absolute Gasteiger partial charge is 0.258 e. The summed E-state index contributed by atoms with van der Waals surface area (Å²) in [6, 6.07) is 4.07. The second-order valence-corrected chi connectivity index (χ2v) is 11.0. The molecule has 36 heavy (non-hydrogen) atoms. The molecule has 2 heterocycles. The fraction of sp³-hybridized carbons (Fsp3) is 0.667. The number of hydroxylamine groups is 1. The molecule has 0 spiro atoms. The third kappa shape index (κ3) is 5.18. The van der Waals surface area contributed by atoms with Crippen molar-refractivity contribution in [2.75, 3.05) is 26.7 Å². The molecule has 2 bridgehead atoms. The average molecular weight is 526 g/mol. The molecular weight excluding hydrogens is 493 g/mol. The Kier molecular flexibility index (Phi) is 7.14. The fourth-order valence-corrected chi connectivity index (χ4v) is 6.12. The molecule has 4 unspecified atom stereocenters. The first-order chi connectivity index (χ1) is 17.2. The number of aliphatic hydroxyl groups excluding tert-OH is 1. The molecule has 5 fully saturated rings. The van der Waals surface area contributed by atoms with Gasteiger partial charge in [-0.15, -0.1) is 0 Å². The van der Waals surface area contributed by atoms with Gasteiger partial charge in [-0.1, -0.05) is 11.6 Å². The number of carbonyl (C=O) groups excluding carboxylic acids is 2. The van der Waals surface area contributed by atoms with Crippen molar-refractivity contribution in [3.05, 3.63) is 29.0 Å². The summed E-state index contributed by atoms with van der Waals surface area (Å²) in [5, 5.41) is 19.1. The number of nitrogens with zero attached hydrogens (tertiary/aromatic N) is 1. The molecule has 0 aromatic heterocycles. The summed E-state index contributed by atoms with van der Waals surface area (Å²) in [5.74, 6) is -0.630. The Balaban J connectivity index is 1.12. The molecule has 12 heteroatoms. The van der Waals surface area contributed by atoms with E-state index in [9.17, 15) is 19.1 Å². The molecule has 198 valence electrons. The minimum absolute atomic E-state index is 0.0247. The van der Waals surface area contributed by atoms with Gasteiger partial charge in [0.2, 0.25) is 0 Å². The summed E-state index contributed by atoms with van der Waals surface area (Å²) in [6.45, 7) is 1.43. The molecule has 3 aliphatic carbocycles. The van der Waals surface area contributed by atoms with E-state index < -0.39 is 35.0 Å². The molecule has 2 saturated heterocycles. The van der Waals surface area contributed by atoms with Crippen LogP contribution in [0.2, 0.25) is 5.02 Å². The first kappa shape index (κ1) is 25.6. The third-order valence-corrected chi connectivity index (χ3v) is 8.49. The largest absolute Gasteiger partial charge is 0.484 e. The number of benzene rings is 1. The Morgan fingerprint density at radius 3 is 2.75 bits per heavy atom. The summed E-state index contributed by atoms with van der Waals surface area (Å²) >= 11 is 5.67. The van der Waals surface area contributed by atoms with Crippen LogP contribution in [0.4, 0.5) is 4.39 Å². The fourth-order valence-electron chi connectivity index (χ4n) is 6.00. The van der Waals surface area contributed by atoms with Gasteiger partial charge in [-0.2, -0.15) is 5.48 Å². The van der Waals surface area contributed by atoms with Crippen LogP contribution in [0, 0.1) is 11.7 Å². The highest BCUT2D eigenvalue weighted by molar-refractivity contribution is 6.30. The standard InChI is InChI=1S/C24H33ClFN5O5/c1-31-12-14(11-27-31)18-9-19(36-30-18)22(34)29-23-4-6-24(7-5-23,20(32)10-23)28-21(33)13-35-15-2-3-16(25)17(26)8-15/h2-3,8,14,18-20,27,30,32H,4-7,9-13H2,1H3,(H,28,33)(H,29,34). The number of aliphatic hydroxyl groups is 1. The lowest BCUT2D eigenvalue weighted by molar-refractivity contribution is -0.142. The Hall–Kier alpha value is -2.02. The number of fused-ring (bicyclic) bond motifs is 3. The molecule has 6 rings (SSSR count). The Morgan fingerprint density at radius 1 is 1.31 bits per heavy atom. The van der Waals surface area contributed by atoms with Crippen molar-refractivity contribution in [3.63, 3.8) is 0 Å². The van der Waals surface area contributed by atoms with Crippen molar-refractivity contribution in [1.82, 2.24) is 26.5 Å². The van der Waals surface area contributed by atoms with Gasteiger partial charge in [0.15, 0.2) is 12.7 Å². The minimum atomic E-state index is -0.812. The van der Waals surface area contributed by atoms with Gasteiger partial charge in [0.05, 0.1) is 16.7 Å². The van der Waals surface area contributed by atoms with E-state index in [0.29, 0.717) is 44.4 Å². The van der Waals surface area contributed by atoms with Crippen molar-refractivity contribution < 1.29 is 28.7 Å². The topological polar surface area (TPSA) is 124 Å². The highest BCUT2D eigenvalue weighted by Crippen LogP contribution is 2.47. The highest BCUT2D eigenvalue weighted by atomic mass is 35.5. The van der Waals surface area contributed by atoms with Gasteiger partial charge in [-0.05, 0) is 44.2 Å². The molecule has 2 amide bonds. The van der Waals surface area contributed by atoms with Gasteiger partial charge in [0.25, 0.3) is 11.8 Å². The maximum absolute atomic E-state index is 13.6. The van der Waals surface area contributed by atoms with E-state index in [2.05, 4.69) is 21.5 Å². The van der Waals surface area contributed by atoms with Crippen LogP contribution in [-0.4, -0.2) is 78.0 Å². The SMILES string of the molecule is CN1CC(C2CC(C(=O)NC34CCC(NC(=O)COc5ccc(Cl)c(F)c5)(CC3)C(O)C4)ON2)CN1. The van der Waals surface area contributed by atoms with Crippen LogP contribution in [0.5, 0.6) is 5.75 Å². The van der Waals surface area contributed by atoms with Crippen LogP contribution in [0.1, 0.15) is 38.5 Å². The van der Waals surface area contributed by atoms with E-state index in [1.165, 1.54) is 12.1 Å². The number of amides is 2. The number of nitrogens with one attached hydrogen (secondary N) is 4. The molecule has 1 aromatic rings. The molecule has 1 aromatic carbocycles. The molecule has 4 atom stereocenters. The van der Waals surface area contributed by atoms with E-state index in [4.69, 9.17) is 21.2 Å². The number of hydrazine groups is 1. The van der Waals surface area contributed by atoms with Gasteiger partial charge in [-0.3, -0.25) is 19.9 Å². The maximum Gasteiger partial charge on any atom is 0.258 e. The van der Waals surface area contributed by atoms with Crippen LogP contribution < -0.4 is 26.3 Å². The first-order valence-corrected chi connectivity index (χ1v) is 12.8. The van der Waals surface area contributed by atoms with E-state index in [1.54, 1.807) is 0 Å². The van der Waals surface area contributed by atoms with E-state index in [1.807, 2.05) is 12.1 Å². The van der Waals surface area contributed by atoms with Crippen molar-refractivity contribution in [1.29, 1.82) is 0 Å². The average Bonchev–Trinajstić information content (AvgIpc) is 3.50. The van der Waals surface area contributed by atoms with Gasteiger partial charge < -0.3 is 20.5 Å². The van der Waals surface area contributed by atoms with E-state index in [0.717, 1.165) is 19.2 Å². The van der Waals surface area contributed by atoms with Crippen LogP contribution in [0.25, 0.3) is 0 Å². The zero-order valence-electron chi connectivity index (χ0n) is 20.2. The predicted octanol–water partition coefficient (Wildman–Crippen LogP) is 0.635. The Morgan fingerprint density at radius 2 is 2.08 bits per heavy atom. The van der Waals surface area contributed by atoms with Gasteiger partial charge in [-0.25, -0.2) is 9.40 Å². The molecule has 0 radical (unpaired) electrons. The van der Waals surface area contributed by atoms with E-state index in [-0.39, 0.29) is 29.3 Å². The maximum atomic E-state index is 13.6. The van der Waals surface area contributed by atoms with Gasteiger partial charge in [0.1, 0.15) is 11.6 Å². The Labute approximate surface area is 214 Å². The first-order valence-electron chi connectivity index (χ1n) is 12.4.